The molecular weight excluding hydrogens is 248 g/mol. The second-order valence-electron chi connectivity index (χ2n) is 5.54. The molecule has 0 bridgehead atoms. The van der Waals surface area contributed by atoms with Gasteiger partial charge in [-0.1, -0.05) is 54.6 Å². The van der Waals surface area contributed by atoms with Crippen LogP contribution in [-0.2, 0) is 11.3 Å². The summed E-state index contributed by atoms with van der Waals surface area (Å²) >= 11 is 0. The fraction of sp³-hybridized carbons (Fsp3) is 0.333. The van der Waals surface area contributed by atoms with Crippen LogP contribution in [0.15, 0.2) is 54.6 Å². The van der Waals surface area contributed by atoms with Crippen LogP contribution in [0.1, 0.15) is 35.1 Å². The van der Waals surface area contributed by atoms with Gasteiger partial charge in [-0.05, 0) is 34.9 Å². The summed E-state index contributed by atoms with van der Waals surface area (Å²) in [5.74, 6) is 0.857. The van der Waals surface area contributed by atoms with E-state index in [2.05, 4.69) is 24.3 Å². The van der Waals surface area contributed by atoms with E-state index >= 15 is 0 Å². The molecule has 1 aliphatic rings. The summed E-state index contributed by atoms with van der Waals surface area (Å²) in [6.07, 6.45) is 0.710. The van der Waals surface area contributed by atoms with Gasteiger partial charge in [0.1, 0.15) is 0 Å². The summed E-state index contributed by atoms with van der Waals surface area (Å²) in [6.45, 7) is 0.618. The molecule has 0 spiro atoms. The Bertz CT molecular complexity index is 547. The van der Waals surface area contributed by atoms with Crippen LogP contribution in [0.2, 0.25) is 0 Å². The predicted molar refractivity (Wildman–Crippen MR) is 79.4 cm³/mol. The molecule has 1 saturated carbocycles. The lowest BCUT2D eigenvalue weighted by molar-refractivity contribution is 0.151. The number of hydrogen-bond donors (Lipinski definition) is 1. The molecule has 2 aromatic carbocycles. The average molecular weight is 268 g/mol. The molecule has 1 fully saturated rings. The van der Waals surface area contributed by atoms with Crippen LogP contribution in [-0.4, -0.2) is 12.2 Å². The van der Waals surface area contributed by atoms with Crippen LogP contribution < -0.4 is 0 Å². The fourth-order valence-corrected chi connectivity index (χ4v) is 2.87. The number of aliphatic hydroxyl groups excluding tert-OH is 1. The van der Waals surface area contributed by atoms with Crippen LogP contribution in [0.5, 0.6) is 0 Å². The summed E-state index contributed by atoms with van der Waals surface area (Å²) in [4.78, 5) is 0. The average Bonchev–Trinajstić information content (AvgIpc) is 3.29. The summed E-state index contributed by atoms with van der Waals surface area (Å²) in [6, 6.07) is 18.6. The summed E-state index contributed by atoms with van der Waals surface area (Å²) in [5.41, 5.74) is 3.49. The van der Waals surface area contributed by atoms with Crippen molar-refractivity contribution in [1.29, 1.82) is 0 Å². The molecular formula is C18H20O2. The van der Waals surface area contributed by atoms with Gasteiger partial charge in [0.15, 0.2) is 0 Å². The Morgan fingerprint density at radius 2 is 1.80 bits per heavy atom. The number of benzene rings is 2. The first kappa shape index (κ1) is 13.3. The molecule has 2 nitrogen and oxygen atoms in total. The normalized spacial score (nSPS) is 22.5. The Morgan fingerprint density at radius 1 is 1.10 bits per heavy atom. The fourth-order valence-electron chi connectivity index (χ4n) is 2.87. The summed E-state index contributed by atoms with van der Waals surface area (Å²) in [5, 5.41) is 10.5. The Morgan fingerprint density at radius 3 is 2.45 bits per heavy atom. The second-order valence-corrected chi connectivity index (χ2v) is 5.54. The van der Waals surface area contributed by atoms with E-state index in [1.165, 1.54) is 5.56 Å². The first-order valence-corrected chi connectivity index (χ1v) is 7.10. The van der Waals surface area contributed by atoms with E-state index in [0.29, 0.717) is 18.4 Å². The highest BCUT2D eigenvalue weighted by Gasteiger charge is 2.43. The van der Waals surface area contributed by atoms with Crippen molar-refractivity contribution >= 4 is 0 Å². The molecule has 0 aliphatic heterocycles. The lowest BCUT2D eigenvalue weighted by atomic mass is 10.0. The summed E-state index contributed by atoms with van der Waals surface area (Å²) < 4.78 is 5.10. The van der Waals surface area contributed by atoms with Gasteiger partial charge in [-0.2, -0.15) is 0 Å². The van der Waals surface area contributed by atoms with Crippen LogP contribution in [0.25, 0.3) is 0 Å². The Balaban J connectivity index is 1.67. The number of hydrogen-bond acceptors (Lipinski definition) is 2. The van der Waals surface area contributed by atoms with Gasteiger partial charge in [-0.3, -0.25) is 0 Å². The SMILES string of the molecule is COCc1ccc(C(O)C2CC2c2ccccc2)cc1. The zero-order chi connectivity index (χ0) is 13.9. The Hall–Kier alpha value is -1.64. The van der Waals surface area contributed by atoms with Gasteiger partial charge < -0.3 is 9.84 Å². The molecule has 20 heavy (non-hydrogen) atoms. The van der Waals surface area contributed by atoms with Crippen molar-refractivity contribution in [3.05, 3.63) is 71.3 Å². The van der Waals surface area contributed by atoms with E-state index in [4.69, 9.17) is 4.74 Å². The zero-order valence-corrected chi connectivity index (χ0v) is 11.7. The minimum atomic E-state index is -0.364. The molecule has 3 rings (SSSR count). The van der Waals surface area contributed by atoms with Gasteiger partial charge >= 0.3 is 0 Å². The van der Waals surface area contributed by atoms with E-state index in [1.54, 1.807) is 7.11 Å². The molecule has 0 heterocycles. The maximum Gasteiger partial charge on any atom is 0.0824 e. The third-order valence-electron chi connectivity index (χ3n) is 4.11. The third-order valence-corrected chi connectivity index (χ3v) is 4.11. The maximum absolute atomic E-state index is 10.5. The van der Waals surface area contributed by atoms with Crippen LogP contribution in [0, 0.1) is 5.92 Å². The minimum Gasteiger partial charge on any atom is -0.388 e. The van der Waals surface area contributed by atoms with Crippen LogP contribution in [0.4, 0.5) is 0 Å². The molecule has 2 heteroatoms. The molecule has 3 atom stereocenters. The molecule has 0 amide bonds. The Kier molecular flexibility index (Phi) is 3.86. The van der Waals surface area contributed by atoms with Gasteiger partial charge in [0.25, 0.3) is 0 Å². The standard InChI is InChI=1S/C18H20O2/c1-20-12-13-7-9-15(10-8-13)18(19)17-11-16(17)14-5-3-2-4-6-14/h2-10,16-19H,11-12H2,1H3. The number of rotatable bonds is 5. The molecule has 3 unspecified atom stereocenters. The quantitative estimate of drug-likeness (QED) is 0.896. The van der Waals surface area contributed by atoms with Gasteiger partial charge in [0, 0.05) is 7.11 Å². The van der Waals surface area contributed by atoms with Crippen molar-refractivity contribution in [2.45, 2.75) is 25.0 Å². The van der Waals surface area contributed by atoms with Gasteiger partial charge in [-0.15, -0.1) is 0 Å². The molecule has 0 radical (unpaired) electrons. The maximum atomic E-state index is 10.5. The number of aliphatic hydroxyl groups is 1. The molecule has 2 aromatic rings. The third kappa shape index (κ3) is 2.77. The van der Waals surface area contributed by atoms with E-state index in [1.807, 2.05) is 30.3 Å². The lowest BCUT2D eigenvalue weighted by Gasteiger charge is -2.11. The highest BCUT2D eigenvalue weighted by molar-refractivity contribution is 5.30. The zero-order valence-electron chi connectivity index (χ0n) is 11.7. The molecule has 104 valence electrons. The highest BCUT2D eigenvalue weighted by atomic mass is 16.5. The van der Waals surface area contributed by atoms with Gasteiger partial charge in [0.2, 0.25) is 0 Å². The largest absolute Gasteiger partial charge is 0.388 e. The minimum absolute atomic E-state index is 0.352. The van der Waals surface area contributed by atoms with E-state index in [0.717, 1.165) is 17.5 Å². The highest BCUT2D eigenvalue weighted by Crippen LogP contribution is 2.53. The number of ether oxygens (including phenoxy) is 1. The lowest BCUT2D eigenvalue weighted by Crippen LogP contribution is -2.01. The molecule has 0 saturated heterocycles. The van der Waals surface area contributed by atoms with E-state index < -0.39 is 0 Å². The van der Waals surface area contributed by atoms with Crippen molar-refractivity contribution in [3.8, 4) is 0 Å². The molecule has 0 aromatic heterocycles. The monoisotopic (exact) mass is 268 g/mol. The van der Waals surface area contributed by atoms with Crippen molar-refractivity contribution in [2.75, 3.05) is 7.11 Å². The van der Waals surface area contributed by atoms with E-state index in [-0.39, 0.29) is 6.10 Å². The van der Waals surface area contributed by atoms with E-state index in [9.17, 15) is 5.11 Å². The molecule has 1 N–H and O–H groups in total. The van der Waals surface area contributed by atoms with Crippen molar-refractivity contribution < 1.29 is 9.84 Å². The van der Waals surface area contributed by atoms with Crippen molar-refractivity contribution in [2.24, 2.45) is 5.92 Å². The first-order chi connectivity index (χ1) is 9.79. The predicted octanol–water partition coefficient (Wildman–Crippen LogP) is 3.67. The topological polar surface area (TPSA) is 29.5 Å². The summed E-state index contributed by atoms with van der Waals surface area (Å²) in [7, 11) is 1.69. The Labute approximate surface area is 120 Å². The van der Waals surface area contributed by atoms with Crippen molar-refractivity contribution in [1.82, 2.24) is 0 Å². The smallest absolute Gasteiger partial charge is 0.0824 e. The first-order valence-electron chi connectivity index (χ1n) is 7.10. The van der Waals surface area contributed by atoms with Gasteiger partial charge in [-0.25, -0.2) is 0 Å². The van der Waals surface area contributed by atoms with Gasteiger partial charge in [0.05, 0.1) is 12.7 Å². The van der Waals surface area contributed by atoms with Crippen LogP contribution >= 0.6 is 0 Å². The van der Waals surface area contributed by atoms with Crippen LogP contribution in [0.3, 0.4) is 0 Å². The molecule has 1 aliphatic carbocycles. The number of methoxy groups -OCH3 is 1. The second kappa shape index (κ2) is 5.78. The van der Waals surface area contributed by atoms with Crippen molar-refractivity contribution in [3.63, 3.8) is 0 Å².